The van der Waals surface area contributed by atoms with Crippen molar-refractivity contribution in [2.45, 2.75) is 25.8 Å². The van der Waals surface area contributed by atoms with Crippen LogP contribution < -0.4 is 19.8 Å². The fourth-order valence-electron chi connectivity index (χ4n) is 4.24. The molecule has 0 bridgehead atoms. The second-order valence-corrected chi connectivity index (χ2v) is 10.6. The molecule has 1 saturated heterocycles. The van der Waals surface area contributed by atoms with E-state index in [4.69, 9.17) is 9.15 Å². The summed E-state index contributed by atoms with van der Waals surface area (Å²) in [6.45, 7) is 2.20. The van der Waals surface area contributed by atoms with E-state index in [9.17, 15) is 18.0 Å². The van der Waals surface area contributed by atoms with Crippen LogP contribution in [-0.2, 0) is 23.2 Å². The predicted molar refractivity (Wildman–Crippen MR) is 138 cm³/mol. The first-order chi connectivity index (χ1) is 17.6. The molecule has 0 atom stereocenters. The van der Waals surface area contributed by atoms with Crippen LogP contribution in [0.2, 0.25) is 0 Å². The molecule has 0 radical (unpaired) electrons. The smallest absolute Gasteiger partial charge is 0.414 e. The van der Waals surface area contributed by atoms with Gasteiger partial charge in [0.05, 0.1) is 5.69 Å². The van der Waals surface area contributed by atoms with Crippen molar-refractivity contribution in [1.29, 1.82) is 0 Å². The molecule has 4 rings (SSSR count). The maximum absolute atomic E-state index is 15.3. The van der Waals surface area contributed by atoms with Gasteiger partial charge in [-0.2, -0.15) is 8.42 Å². The quantitative estimate of drug-likeness (QED) is 0.428. The maximum Gasteiger partial charge on any atom is 0.414 e. The van der Waals surface area contributed by atoms with E-state index >= 15 is 4.39 Å². The highest BCUT2D eigenvalue weighted by Gasteiger charge is 2.22. The molecule has 10 nitrogen and oxygen atoms in total. The summed E-state index contributed by atoms with van der Waals surface area (Å²) in [6.07, 6.45) is 1.42. The Labute approximate surface area is 214 Å². The maximum atomic E-state index is 15.3. The standard InChI is InChI=1S/C25H29FN4O6S/c1-27-37(33,34)28-21-8-6-7-16(23(21)26)13-19-20(15-30-11-4-5-12-30)18-10-9-17(35-25(32)29(2)3)14-22(18)36-24(19)31/h6-10,14,27-28H,4-5,11-13,15H2,1-3H3. The van der Waals surface area contributed by atoms with Crippen LogP contribution in [0.3, 0.4) is 0 Å². The number of amides is 1. The lowest BCUT2D eigenvalue weighted by atomic mass is 9.97. The highest BCUT2D eigenvalue weighted by molar-refractivity contribution is 7.90. The summed E-state index contributed by atoms with van der Waals surface area (Å²) in [5, 5.41) is 0.651. The van der Waals surface area contributed by atoms with Gasteiger partial charge in [-0.1, -0.05) is 12.1 Å². The molecule has 37 heavy (non-hydrogen) atoms. The lowest BCUT2D eigenvalue weighted by Gasteiger charge is -2.19. The Hall–Kier alpha value is -3.48. The average molecular weight is 533 g/mol. The zero-order valence-electron chi connectivity index (χ0n) is 20.8. The number of likely N-dealkylation sites (tertiary alicyclic amines) is 1. The van der Waals surface area contributed by atoms with Crippen molar-refractivity contribution in [2.75, 3.05) is 39.0 Å². The number of fused-ring (bicyclic) bond motifs is 1. The molecule has 1 aromatic heterocycles. The van der Waals surface area contributed by atoms with Crippen molar-refractivity contribution < 1.29 is 26.8 Å². The topological polar surface area (TPSA) is 121 Å². The molecule has 0 unspecified atom stereocenters. The predicted octanol–water partition coefficient (Wildman–Crippen LogP) is 3.06. The Morgan fingerprint density at radius 2 is 1.89 bits per heavy atom. The molecular formula is C25H29FN4O6S. The van der Waals surface area contributed by atoms with Gasteiger partial charge in [0, 0.05) is 51.1 Å². The Balaban J connectivity index is 1.78. The van der Waals surface area contributed by atoms with Crippen LogP contribution in [0.15, 0.2) is 45.6 Å². The zero-order chi connectivity index (χ0) is 26.7. The third-order valence-corrected chi connectivity index (χ3v) is 7.23. The van der Waals surface area contributed by atoms with Gasteiger partial charge in [0.25, 0.3) is 10.2 Å². The SMILES string of the molecule is CNS(=O)(=O)Nc1cccc(Cc2c(CN3CCCC3)c3ccc(OC(=O)N(C)C)cc3oc2=O)c1F. The number of halogens is 1. The normalized spacial score (nSPS) is 14.2. The molecule has 1 fully saturated rings. The molecule has 3 aromatic rings. The van der Waals surface area contributed by atoms with E-state index in [-0.39, 0.29) is 34.6 Å². The van der Waals surface area contributed by atoms with E-state index < -0.39 is 27.7 Å². The van der Waals surface area contributed by atoms with Gasteiger partial charge in [0.15, 0.2) is 5.82 Å². The first-order valence-corrected chi connectivity index (χ1v) is 13.2. The number of hydrogen-bond donors (Lipinski definition) is 2. The minimum Gasteiger partial charge on any atom is -0.422 e. The Morgan fingerprint density at radius 1 is 1.16 bits per heavy atom. The number of anilines is 1. The van der Waals surface area contributed by atoms with Crippen LogP contribution in [0.4, 0.5) is 14.9 Å². The first-order valence-electron chi connectivity index (χ1n) is 11.8. The molecule has 0 saturated carbocycles. The van der Waals surface area contributed by atoms with E-state index in [1.807, 2.05) is 0 Å². The minimum atomic E-state index is -3.93. The van der Waals surface area contributed by atoms with Crippen molar-refractivity contribution in [3.8, 4) is 5.75 Å². The first kappa shape index (κ1) is 26.6. The van der Waals surface area contributed by atoms with Crippen molar-refractivity contribution in [1.82, 2.24) is 14.5 Å². The van der Waals surface area contributed by atoms with E-state index in [0.717, 1.165) is 25.9 Å². The summed E-state index contributed by atoms with van der Waals surface area (Å²) in [4.78, 5) is 28.7. The van der Waals surface area contributed by atoms with E-state index in [1.54, 1.807) is 26.2 Å². The highest BCUT2D eigenvalue weighted by Crippen LogP contribution is 2.29. The second kappa shape index (κ2) is 10.9. The Kier molecular flexibility index (Phi) is 7.81. The minimum absolute atomic E-state index is 0.0975. The molecular weight excluding hydrogens is 503 g/mol. The number of benzene rings is 2. The van der Waals surface area contributed by atoms with Crippen LogP contribution in [0.25, 0.3) is 11.0 Å². The van der Waals surface area contributed by atoms with E-state index in [2.05, 4.69) is 14.3 Å². The van der Waals surface area contributed by atoms with Crippen LogP contribution in [0, 0.1) is 5.82 Å². The number of hydrogen-bond acceptors (Lipinski definition) is 7. The molecule has 198 valence electrons. The third-order valence-electron chi connectivity index (χ3n) is 6.20. The van der Waals surface area contributed by atoms with Gasteiger partial charge < -0.3 is 14.1 Å². The number of ether oxygens (including phenoxy) is 1. The number of carbonyl (C=O) groups is 1. The molecule has 1 amide bonds. The fraction of sp³-hybridized carbons (Fsp3) is 0.360. The lowest BCUT2D eigenvalue weighted by molar-refractivity contribution is 0.172. The van der Waals surface area contributed by atoms with Crippen LogP contribution >= 0.6 is 0 Å². The second-order valence-electron chi connectivity index (χ2n) is 9.02. The van der Waals surface area contributed by atoms with Crippen molar-refractivity contribution in [3.63, 3.8) is 0 Å². The molecule has 12 heteroatoms. The largest absolute Gasteiger partial charge is 0.422 e. The summed E-state index contributed by atoms with van der Waals surface area (Å²) in [7, 11) is 0.395. The lowest BCUT2D eigenvalue weighted by Crippen LogP contribution is -2.27. The molecule has 0 spiro atoms. The highest BCUT2D eigenvalue weighted by atomic mass is 32.2. The summed E-state index contributed by atoms with van der Waals surface area (Å²) in [5.41, 5.74) is 0.498. The van der Waals surface area contributed by atoms with Gasteiger partial charge in [0.2, 0.25) is 0 Å². The zero-order valence-corrected chi connectivity index (χ0v) is 21.7. The van der Waals surface area contributed by atoms with Gasteiger partial charge >= 0.3 is 11.7 Å². The molecule has 1 aliphatic heterocycles. The number of rotatable bonds is 8. The van der Waals surface area contributed by atoms with Gasteiger partial charge in [-0.15, -0.1) is 0 Å². The Morgan fingerprint density at radius 3 is 2.57 bits per heavy atom. The van der Waals surface area contributed by atoms with Crippen LogP contribution in [0.1, 0.15) is 29.5 Å². The van der Waals surface area contributed by atoms with Crippen LogP contribution in [-0.4, -0.2) is 58.5 Å². The van der Waals surface area contributed by atoms with Crippen molar-refractivity contribution >= 4 is 33.0 Å². The van der Waals surface area contributed by atoms with Crippen molar-refractivity contribution in [3.05, 3.63) is 69.3 Å². The molecule has 2 aromatic carbocycles. The van der Waals surface area contributed by atoms with Crippen molar-refractivity contribution in [2.24, 2.45) is 0 Å². The van der Waals surface area contributed by atoms with E-state index in [1.165, 1.54) is 36.2 Å². The summed E-state index contributed by atoms with van der Waals surface area (Å²) in [6, 6.07) is 9.15. The molecule has 1 aliphatic rings. The third kappa shape index (κ3) is 6.09. The van der Waals surface area contributed by atoms with Gasteiger partial charge in [-0.05, 0) is 55.3 Å². The number of nitrogens with one attached hydrogen (secondary N) is 2. The Bertz CT molecular complexity index is 1480. The molecule has 2 N–H and O–H groups in total. The monoisotopic (exact) mass is 532 g/mol. The summed E-state index contributed by atoms with van der Waals surface area (Å²) < 4.78 is 54.2. The van der Waals surface area contributed by atoms with Gasteiger partial charge in [-0.25, -0.2) is 18.7 Å². The number of carbonyl (C=O) groups excluding carboxylic acids is 1. The fourth-order valence-corrected chi connectivity index (χ4v) is 4.79. The summed E-state index contributed by atoms with van der Waals surface area (Å²) in [5.74, 6) is -0.552. The summed E-state index contributed by atoms with van der Waals surface area (Å²) >= 11 is 0. The van der Waals surface area contributed by atoms with E-state index in [0.29, 0.717) is 17.5 Å². The van der Waals surface area contributed by atoms with Gasteiger partial charge in [-0.3, -0.25) is 9.62 Å². The van der Waals surface area contributed by atoms with Gasteiger partial charge in [0.1, 0.15) is 11.3 Å². The number of nitrogens with zero attached hydrogens (tertiary/aromatic N) is 2. The molecule has 2 heterocycles. The molecule has 0 aliphatic carbocycles. The van der Waals surface area contributed by atoms with Crippen LogP contribution in [0.5, 0.6) is 5.75 Å². The average Bonchev–Trinajstić information content (AvgIpc) is 3.36.